The highest BCUT2D eigenvalue weighted by atomic mass is 35.5. The molecule has 3 rings (SSSR count). The summed E-state index contributed by atoms with van der Waals surface area (Å²) in [5.74, 6) is -0.350. The Morgan fingerprint density at radius 1 is 1.15 bits per heavy atom. The van der Waals surface area contributed by atoms with E-state index in [-0.39, 0.29) is 11.5 Å². The Morgan fingerprint density at radius 2 is 1.88 bits per heavy atom. The number of carbonyl (C=O) groups is 1. The Bertz CT molecular complexity index is 1000. The summed E-state index contributed by atoms with van der Waals surface area (Å²) in [6.07, 6.45) is 3.29. The van der Waals surface area contributed by atoms with Crippen molar-refractivity contribution in [2.24, 2.45) is 0 Å². The Kier molecular flexibility index (Phi) is 5.14. The van der Waals surface area contributed by atoms with Gasteiger partial charge < -0.3 is 5.32 Å². The number of rotatable bonds is 4. The molecule has 0 spiro atoms. The molecule has 0 bridgehead atoms. The zero-order valence-corrected chi connectivity index (χ0v) is 15.1. The van der Waals surface area contributed by atoms with Crippen LogP contribution in [0.1, 0.15) is 18.5 Å². The number of amides is 1. The number of nitrogens with zero attached hydrogens (tertiary/aromatic N) is 3. The van der Waals surface area contributed by atoms with Crippen molar-refractivity contribution < 1.29 is 4.79 Å². The number of benzene rings is 1. The lowest BCUT2D eigenvalue weighted by Gasteiger charge is -2.16. The van der Waals surface area contributed by atoms with Crippen LogP contribution in [0, 0.1) is 6.92 Å². The van der Waals surface area contributed by atoms with Crippen LogP contribution in [-0.4, -0.2) is 20.7 Å². The van der Waals surface area contributed by atoms with E-state index in [4.69, 9.17) is 11.6 Å². The van der Waals surface area contributed by atoms with Crippen molar-refractivity contribution in [1.82, 2.24) is 14.8 Å². The van der Waals surface area contributed by atoms with Gasteiger partial charge in [-0.3, -0.25) is 14.6 Å². The zero-order valence-electron chi connectivity index (χ0n) is 14.3. The number of halogens is 1. The maximum Gasteiger partial charge on any atom is 0.267 e. The second-order valence-electron chi connectivity index (χ2n) is 5.86. The van der Waals surface area contributed by atoms with E-state index in [1.165, 1.54) is 10.7 Å². The lowest BCUT2D eigenvalue weighted by molar-refractivity contribution is -0.119. The van der Waals surface area contributed by atoms with Gasteiger partial charge in [0.1, 0.15) is 6.04 Å². The first-order chi connectivity index (χ1) is 12.5. The minimum absolute atomic E-state index is 0.350. The number of hydrogen-bond donors (Lipinski definition) is 1. The van der Waals surface area contributed by atoms with E-state index in [1.54, 1.807) is 49.6 Å². The fourth-order valence-corrected chi connectivity index (χ4v) is 2.63. The van der Waals surface area contributed by atoms with Crippen LogP contribution in [0.2, 0.25) is 5.02 Å². The molecular weight excluding hydrogens is 352 g/mol. The molecule has 132 valence electrons. The van der Waals surface area contributed by atoms with Gasteiger partial charge in [-0.2, -0.15) is 5.10 Å². The molecule has 0 fully saturated rings. The summed E-state index contributed by atoms with van der Waals surface area (Å²) in [6, 6.07) is 11.1. The van der Waals surface area contributed by atoms with E-state index in [1.807, 2.05) is 13.0 Å². The topological polar surface area (TPSA) is 76.9 Å². The van der Waals surface area contributed by atoms with E-state index in [2.05, 4.69) is 15.4 Å². The number of carbonyl (C=O) groups excluding carboxylic acids is 1. The number of pyridine rings is 1. The zero-order chi connectivity index (χ0) is 18.7. The molecule has 2 heterocycles. The summed E-state index contributed by atoms with van der Waals surface area (Å²) >= 11 is 5.99. The first-order valence-corrected chi connectivity index (χ1v) is 8.41. The van der Waals surface area contributed by atoms with Crippen molar-refractivity contribution in [3.63, 3.8) is 0 Å². The molecule has 1 aromatic carbocycles. The molecular formula is C19H17ClN4O2. The minimum atomic E-state index is -0.789. The Balaban J connectivity index is 1.89. The van der Waals surface area contributed by atoms with E-state index in [0.717, 1.165) is 11.1 Å². The highest BCUT2D eigenvalue weighted by molar-refractivity contribution is 6.31. The smallest absolute Gasteiger partial charge is 0.267 e. The van der Waals surface area contributed by atoms with Crippen LogP contribution in [0.4, 0.5) is 5.69 Å². The van der Waals surface area contributed by atoms with Gasteiger partial charge in [-0.05, 0) is 49.7 Å². The second kappa shape index (κ2) is 7.49. The van der Waals surface area contributed by atoms with E-state index in [9.17, 15) is 9.59 Å². The van der Waals surface area contributed by atoms with Crippen LogP contribution in [0.25, 0.3) is 11.3 Å². The van der Waals surface area contributed by atoms with Crippen LogP contribution in [0.3, 0.4) is 0 Å². The molecule has 0 saturated heterocycles. The molecule has 1 unspecified atom stereocenters. The van der Waals surface area contributed by atoms with Crippen molar-refractivity contribution >= 4 is 23.2 Å². The number of anilines is 1. The molecule has 6 nitrogen and oxygen atoms in total. The third-order valence-corrected chi connectivity index (χ3v) is 4.24. The quantitative estimate of drug-likeness (QED) is 0.765. The second-order valence-corrected chi connectivity index (χ2v) is 6.30. The third-order valence-electron chi connectivity index (χ3n) is 4.00. The van der Waals surface area contributed by atoms with Crippen LogP contribution >= 0.6 is 11.6 Å². The number of nitrogens with one attached hydrogen (secondary N) is 1. The molecule has 7 heteroatoms. The summed E-state index contributed by atoms with van der Waals surface area (Å²) in [6.45, 7) is 3.49. The average molecular weight is 369 g/mol. The molecule has 0 radical (unpaired) electrons. The van der Waals surface area contributed by atoms with Gasteiger partial charge in [-0.15, -0.1) is 0 Å². The largest absolute Gasteiger partial charge is 0.324 e. The Labute approximate surface area is 155 Å². The molecule has 1 amide bonds. The van der Waals surface area contributed by atoms with Crippen molar-refractivity contribution in [3.8, 4) is 11.3 Å². The van der Waals surface area contributed by atoms with Crippen LogP contribution < -0.4 is 10.9 Å². The van der Waals surface area contributed by atoms with E-state index >= 15 is 0 Å². The fraction of sp³-hybridized carbons (Fsp3) is 0.158. The van der Waals surface area contributed by atoms with Crippen molar-refractivity contribution in [3.05, 3.63) is 75.8 Å². The normalized spacial score (nSPS) is 11.8. The molecule has 1 atom stereocenters. The van der Waals surface area contributed by atoms with Gasteiger partial charge in [0.15, 0.2) is 0 Å². The minimum Gasteiger partial charge on any atom is -0.324 e. The standard InChI is InChI=1S/C19H17ClN4O2/c1-12-3-4-15(20)11-17(12)22-19(26)13(2)24-18(25)6-5-16(23-24)14-7-9-21-10-8-14/h3-11,13H,1-2H3,(H,22,26). The Hall–Kier alpha value is -2.99. The molecule has 3 aromatic rings. The van der Waals surface area contributed by atoms with E-state index < -0.39 is 6.04 Å². The van der Waals surface area contributed by atoms with Crippen LogP contribution in [0.15, 0.2) is 59.7 Å². The van der Waals surface area contributed by atoms with Crippen LogP contribution in [-0.2, 0) is 4.79 Å². The predicted molar refractivity (Wildman–Crippen MR) is 101 cm³/mol. The summed E-state index contributed by atoms with van der Waals surface area (Å²) in [5.41, 5.74) is 2.53. The number of aryl methyl sites for hydroxylation is 1. The van der Waals surface area contributed by atoms with Gasteiger partial charge in [0.2, 0.25) is 5.91 Å². The molecule has 0 aliphatic carbocycles. The number of aromatic nitrogens is 3. The highest BCUT2D eigenvalue weighted by Crippen LogP contribution is 2.21. The third kappa shape index (κ3) is 3.81. The predicted octanol–water partition coefficient (Wildman–Crippen LogP) is 3.47. The molecule has 26 heavy (non-hydrogen) atoms. The van der Waals surface area contributed by atoms with Crippen molar-refractivity contribution in [2.75, 3.05) is 5.32 Å². The number of hydrogen-bond acceptors (Lipinski definition) is 4. The maximum atomic E-state index is 12.6. The lowest BCUT2D eigenvalue weighted by atomic mass is 10.2. The summed E-state index contributed by atoms with van der Waals surface area (Å²) in [4.78, 5) is 28.8. The first kappa shape index (κ1) is 17.8. The molecule has 0 aliphatic heterocycles. The van der Waals surface area contributed by atoms with Crippen LogP contribution in [0.5, 0.6) is 0 Å². The summed E-state index contributed by atoms with van der Waals surface area (Å²) in [5, 5.41) is 7.66. The maximum absolute atomic E-state index is 12.6. The summed E-state index contributed by atoms with van der Waals surface area (Å²) in [7, 11) is 0. The van der Waals surface area contributed by atoms with Gasteiger partial charge in [-0.25, -0.2) is 4.68 Å². The average Bonchev–Trinajstić information content (AvgIpc) is 2.65. The summed E-state index contributed by atoms with van der Waals surface area (Å²) < 4.78 is 1.17. The lowest BCUT2D eigenvalue weighted by Crippen LogP contribution is -2.33. The van der Waals surface area contributed by atoms with E-state index in [0.29, 0.717) is 16.4 Å². The van der Waals surface area contributed by atoms with Gasteiger partial charge >= 0.3 is 0 Å². The van der Waals surface area contributed by atoms with Gasteiger partial charge in [0.25, 0.3) is 5.56 Å². The molecule has 2 aromatic heterocycles. The molecule has 1 N–H and O–H groups in total. The Morgan fingerprint density at radius 3 is 2.62 bits per heavy atom. The monoisotopic (exact) mass is 368 g/mol. The fourth-order valence-electron chi connectivity index (χ4n) is 2.46. The van der Waals surface area contributed by atoms with Crippen molar-refractivity contribution in [1.29, 1.82) is 0 Å². The molecule has 0 aliphatic rings. The molecule has 0 saturated carbocycles. The highest BCUT2D eigenvalue weighted by Gasteiger charge is 2.19. The SMILES string of the molecule is Cc1ccc(Cl)cc1NC(=O)C(C)n1nc(-c2ccncc2)ccc1=O. The van der Waals surface area contributed by atoms with Gasteiger partial charge in [0, 0.05) is 34.7 Å². The van der Waals surface area contributed by atoms with Gasteiger partial charge in [0.05, 0.1) is 5.69 Å². The first-order valence-electron chi connectivity index (χ1n) is 8.03. The van der Waals surface area contributed by atoms with Gasteiger partial charge in [-0.1, -0.05) is 17.7 Å². The van der Waals surface area contributed by atoms with Crippen molar-refractivity contribution in [2.45, 2.75) is 19.9 Å².